The molecule has 1 aromatic rings. The van der Waals surface area contributed by atoms with E-state index in [-0.39, 0.29) is 28.3 Å². The molecule has 21 heavy (non-hydrogen) atoms. The van der Waals surface area contributed by atoms with E-state index in [9.17, 15) is 15.1 Å². The molecule has 3 N–H and O–H groups in total. The van der Waals surface area contributed by atoms with Crippen LogP contribution in [0.5, 0.6) is 0 Å². The standard InChI is InChI=1S/C14H17N3O4/c1-14(2)7-11(18)13(12(19)8-14)16-15-9-4-3-5-10(6-9)17(20)21/h3-6,17-18,20H,7-8H2,1-2H3. The Labute approximate surface area is 121 Å². The molecule has 0 heterocycles. The molecule has 0 saturated carbocycles. The molecule has 112 valence electrons. The van der Waals surface area contributed by atoms with Gasteiger partial charge in [-0.2, -0.15) is 10.3 Å². The Morgan fingerprint density at radius 2 is 2.00 bits per heavy atom. The van der Waals surface area contributed by atoms with Crippen molar-refractivity contribution < 1.29 is 20.3 Å². The van der Waals surface area contributed by atoms with Crippen molar-refractivity contribution in [3.63, 3.8) is 0 Å². The maximum Gasteiger partial charge on any atom is 0.187 e. The van der Waals surface area contributed by atoms with Crippen LogP contribution in [0.25, 0.3) is 0 Å². The Morgan fingerprint density at radius 1 is 1.29 bits per heavy atom. The van der Waals surface area contributed by atoms with Gasteiger partial charge < -0.3 is 10.3 Å². The number of quaternary nitrogens is 1. The smallest absolute Gasteiger partial charge is 0.187 e. The average Bonchev–Trinajstić information content (AvgIpc) is 2.36. The zero-order valence-corrected chi connectivity index (χ0v) is 11.8. The van der Waals surface area contributed by atoms with Gasteiger partial charge in [0.1, 0.15) is 5.76 Å². The fraction of sp³-hybridized carbons (Fsp3) is 0.357. The van der Waals surface area contributed by atoms with Crippen LogP contribution in [0, 0.1) is 10.6 Å². The molecular formula is C14H17N3O4. The second-order valence-corrected chi connectivity index (χ2v) is 5.79. The Kier molecular flexibility index (Phi) is 4.17. The van der Waals surface area contributed by atoms with E-state index in [1.165, 1.54) is 18.2 Å². The molecule has 7 nitrogen and oxygen atoms in total. The second-order valence-electron chi connectivity index (χ2n) is 5.79. The number of benzene rings is 1. The summed E-state index contributed by atoms with van der Waals surface area (Å²) in [6.07, 6.45) is 0.656. The third kappa shape index (κ3) is 3.72. The van der Waals surface area contributed by atoms with Gasteiger partial charge in [-0.25, -0.2) is 5.21 Å². The molecule has 1 unspecified atom stereocenters. The molecule has 0 fully saturated rings. The SMILES string of the molecule is CC1(C)CC(=O)C(N=Nc2cccc([NH+]([O-])O)c2)=C(O)C1. The highest BCUT2D eigenvalue weighted by molar-refractivity contribution is 5.96. The summed E-state index contributed by atoms with van der Waals surface area (Å²) < 4.78 is 0. The highest BCUT2D eigenvalue weighted by Crippen LogP contribution is 2.36. The largest absolute Gasteiger partial charge is 0.595 e. The Morgan fingerprint density at radius 3 is 2.62 bits per heavy atom. The van der Waals surface area contributed by atoms with E-state index < -0.39 is 5.23 Å². The van der Waals surface area contributed by atoms with Crippen LogP contribution < -0.4 is 5.23 Å². The number of carbonyl (C=O) groups is 1. The fourth-order valence-electron chi connectivity index (χ4n) is 2.20. The van der Waals surface area contributed by atoms with Gasteiger partial charge in [0.25, 0.3) is 0 Å². The van der Waals surface area contributed by atoms with Crippen LogP contribution in [-0.4, -0.2) is 16.1 Å². The number of rotatable bonds is 3. The van der Waals surface area contributed by atoms with Gasteiger partial charge in [-0.15, -0.1) is 5.11 Å². The predicted octanol–water partition coefficient (Wildman–Crippen LogP) is 2.33. The van der Waals surface area contributed by atoms with Crippen molar-refractivity contribution in [1.82, 2.24) is 0 Å². The Balaban J connectivity index is 2.25. The van der Waals surface area contributed by atoms with Crippen LogP contribution in [0.2, 0.25) is 0 Å². The van der Waals surface area contributed by atoms with Crippen molar-refractivity contribution in [2.75, 3.05) is 0 Å². The third-order valence-corrected chi connectivity index (χ3v) is 3.18. The Hall–Kier alpha value is -2.09. The van der Waals surface area contributed by atoms with E-state index in [4.69, 9.17) is 5.21 Å². The average molecular weight is 291 g/mol. The van der Waals surface area contributed by atoms with Crippen molar-refractivity contribution in [2.24, 2.45) is 15.6 Å². The molecular weight excluding hydrogens is 274 g/mol. The first-order valence-corrected chi connectivity index (χ1v) is 6.49. The molecule has 2 rings (SSSR count). The predicted molar refractivity (Wildman–Crippen MR) is 74.4 cm³/mol. The van der Waals surface area contributed by atoms with Gasteiger partial charge >= 0.3 is 0 Å². The van der Waals surface area contributed by atoms with E-state index in [0.29, 0.717) is 18.5 Å². The lowest BCUT2D eigenvalue weighted by molar-refractivity contribution is -0.991. The van der Waals surface area contributed by atoms with Crippen LogP contribution in [-0.2, 0) is 4.79 Å². The first-order valence-electron chi connectivity index (χ1n) is 6.49. The normalized spacial score (nSPS) is 20.1. The van der Waals surface area contributed by atoms with E-state index in [0.717, 1.165) is 0 Å². The van der Waals surface area contributed by atoms with Crippen molar-refractivity contribution >= 4 is 17.2 Å². The van der Waals surface area contributed by atoms with Crippen molar-refractivity contribution in [2.45, 2.75) is 26.7 Å². The first-order chi connectivity index (χ1) is 9.78. The van der Waals surface area contributed by atoms with Gasteiger partial charge in [0.2, 0.25) is 0 Å². The number of Topliss-reactive ketones (excluding diaryl/α,β-unsaturated/α-hetero) is 1. The van der Waals surface area contributed by atoms with Crippen molar-refractivity contribution in [3.05, 3.63) is 40.9 Å². The minimum atomic E-state index is -1.07. The summed E-state index contributed by atoms with van der Waals surface area (Å²) in [4.78, 5) is 12.0. The van der Waals surface area contributed by atoms with E-state index >= 15 is 0 Å². The van der Waals surface area contributed by atoms with Gasteiger partial charge in [0.15, 0.2) is 17.2 Å². The minimum Gasteiger partial charge on any atom is -0.595 e. The maximum absolute atomic E-state index is 12.0. The van der Waals surface area contributed by atoms with Crippen LogP contribution in [0.4, 0.5) is 11.4 Å². The molecule has 7 heteroatoms. The molecule has 0 aliphatic heterocycles. The number of azo groups is 1. The number of aliphatic hydroxyl groups is 1. The summed E-state index contributed by atoms with van der Waals surface area (Å²) in [5, 5.41) is 36.2. The highest BCUT2D eigenvalue weighted by atomic mass is 16.8. The summed E-state index contributed by atoms with van der Waals surface area (Å²) in [5.74, 6) is -0.337. The van der Waals surface area contributed by atoms with Gasteiger partial charge in [-0.3, -0.25) is 4.79 Å². The number of hydrogen-bond donors (Lipinski definition) is 3. The zero-order chi connectivity index (χ0) is 15.6. The van der Waals surface area contributed by atoms with Crippen molar-refractivity contribution in [1.29, 1.82) is 0 Å². The van der Waals surface area contributed by atoms with Gasteiger partial charge in [0, 0.05) is 25.0 Å². The molecule has 0 spiro atoms. The van der Waals surface area contributed by atoms with E-state index in [1.807, 2.05) is 13.8 Å². The van der Waals surface area contributed by atoms with Crippen molar-refractivity contribution in [3.8, 4) is 0 Å². The summed E-state index contributed by atoms with van der Waals surface area (Å²) in [6.45, 7) is 3.79. The van der Waals surface area contributed by atoms with Crippen LogP contribution in [0.3, 0.4) is 0 Å². The number of allylic oxidation sites excluding steroid dienone is 2. The third-order valence-electron chi connectivity index (χ3n) is 3.18. The number of nitrogens with zero attached hydrogens (tertiary/aromatic N) is 2. The molecule has 1 atom stereocenters. The lowest BCUT2D eigenvalue weighted by atomic mass is 9.78. The van der Waals surface area contributed by atoms with Crippen LogP contribution >= 0.6 is 0 Å². The number of hydrogen-bond acceptors (Lipinski definition) is 6. The fourth-order valence-corrected chi connectivity index (χ4v) is 2.20. The molecule has 0 amide bonds. The molecule has 0 radical (unpaired) electrons. The van der Waals surface area contributed by atoms with Crippen LogP contribution in [0.15, 0.2) is 46.0 Å². The number of ketones is 1. The summed E-state index contributed by atoms with van der Waals surface area (Å²) in [5.41, 5.74) is 0.0623. The van der Waals surface area contributed by atoms with E-state index in [2.05, 4.69) is 10.2 Å². The molecule has 0 saturated heterocycles. The second kappa shape index (κ2) is 5.72. The maximum atomic E-state index is 12.0. The van der Waals surface area contributed by atoms with Crippen LogP contribution in [0.1, 0.15) is 26.7 Å². The minimum absolute atomic E-state index is 0.0462. The lowest BCUT2D eigenvalue weighted by Gasteiger charge is -2.27. The first kappa shape index (κ1) is 15.3. The number of nitrogens with one attached hydrogen (secondary N) is 1. The molecule has 1 aliphatic rings. The van der Waals surface area contributed by atoms with Gasteiger partial charge in [-0.1, -0.05) is 19.9 Å². The molecule has 0 bridgehead atoms. The summed E-state index contributed by atoms with van der Waals surface area (Å²) in [6, 6.07) is 5.90. The summed E-state index contributed by atoms with van der Waals surface area (Å²) in [7, 11) is 0. The van der Waals surface area contributed by atoms with Gasteiger partial charge in [0.05, 0.1) is 5.69 Å². The summed E-state index contributed by atoms with van der Waals surface area (Å²) >= 11 is 0. The number of aliphatic hydroxyl groups excluding tert-OH is 1. The lowest BCUT2D eigenvalue weighted by Crippen LogP contribution is -2.99. The molecule has 1 aromatic carbocycles. The molecule has 0 aromatic heterocycles. The zero-order valence-electron chi connectivity index (χ0n) is 11.8. The molecule has 1 aliphatic carbocycles. The topological polar surface area (TPSA) is 110 Å². The monoisotopic (exact) mass is 291 g/mol. The Bertz CT molecular complexity index is 620. The highest BCUT2D eigenvalue weighted by Gasteiger charge is 2.33. The van der Waals surface area contributed by atoms with E-state index in [1.54, 1.807) is 6.07 Å². The quantitative estimate of drug-likeness (QED) is 0.586. The van der Waals surface area contributed by atoms with Gasteiger partial charge in [-0.05, 0) is 11.5 Å². The number of carbonyl (C=O) groups excluding carboxylic acids is 1.